The molecule has 0 spiro atoms. The molecule has 0 saturated carbocycles. The van der Waals surface area contributed by atoms with Gasteiger partial charge >= 0.3 is 0 Å². The van der Waals surface area contributed by atoms with Crippen LogP contribution in [0.5, 0.6) is 5.75 Å². The number of hydrogen-bond acceptors (Lipinski definition) is 2. The van der Waals surface area contributed by atoms with Gasteiger partial charge in [-0.1, -0.05) is 29.8 Å². The first-order chi connectivity index (χ1) is 9.22. The first-order valence-corrected chi connectivity index (χ1v) is 6.60. The molecule has 0 radical (unpaired) electrons. The van der Waals surface area contributed by atoms with Gasteiger partial charge in [-0.25, -0.2) is 0 Å². The number of rotatable bonds is 4. The standard InChI is InChI=1S/C15H11Cl2NO/c16-8-13-5-6-15(14(17)7-13)19-10-12-3-1-11(9-18)2-4-12/h1-7H,8,10H2. The monoisotopic (exact) mass is 291 g/mol. The summed E-state index contributed by atoms with van der Waals surface area (Å²) in [7, 11) is 0. The Balaban J connectivity index is 2.04. The molecule has 19 heavy (non-hydrogen) atoms. The molecule has 0 amide bonds. The zero-order valence-electron chi connectivity index (χ0n) is 10.1. The van der Waals surface area contributed by atoms with Gasteiger partial charge in [-0.2, -0.15) is 5.26 Å². The maximum absolute atomic E-state index is 8.71. The number of halogens is 2. The smallest absolute Gasteiger partial charge is 0.138 e. The van der Waals surface area contributed by atoms with Gasteiger partial charge in [-0.3, -0.25) is 0 Å². The predicted octanol–water partition coefficient (Wildman–Crippen LogP) is 4.53. The summed E-state index contributed by atoms with van der Waals surface area (Å²) in [6.45, 7) is 0.408. The van der Waals surface area contributed by atoms with Gasteiger partial charge in [-0.05, 0) is 35.4 Å². The zero-order valence-corrected chi connectivity index (χ0v) is 11.6. The van der Waals surface area contributed by atoms with Gasteiger partial charge in [0.25, 0.3) is 0 Å². The molecular formula is C15H11Cl2NO. The molecule has 0 atom stereocenters. The van der Waals surface area contributed by atoms with Crippen LogP contribution in [0.3, 0.4) is 0 Å². The summed E-state index contributed by atoms with van der Waals surface area (Å²) in [5, 5.41) is 9.26. The van der Waals surface area contributed by atoms with Gasteiger partial charge in [0.1, 0.15) is 12.4 Å². The summed E-state index contributed by atoms with van der Waals surface area (Å²) < 4.78 is 5.64. The normalized spacial score (nSPS) is 9.95. The summed E-state index contributed by atoms with van der Waals surface area (Å²) in [4.78, 5) is 0. The first-order valence-electron chi connectivity index (χ1n) is 5.69. The molecule has 0 saturated heterocycles. The molecule has 96 valence electrons. The van der Waals surface area contributed by atoms with Crippen LogP contribution in [0.2, 0.25) is 5.02 Å². The van der Waals surface area contributed by atoms with Crippen LogP contribution < -0.4 is 4.74 Å². The summed E-state index contributed by atoms with van der Waals surface area (Å²) in [6.07, 6.45) is 0. The highest BCUT2D eigenvalue weighted by Crippen LogP contribution is 2.26. The SMILES string of the molecule is N#Cc1ccc(COc2ccc(CCl)cc2Cl)cc1. The van der Waals surface area contributed by atoms with Gasteiger partial charge in [0.15, 0.2) is 0 Å². The second-order valence-corrected chi connectivity index (χ2v) is 4.67. The Morgan fingerprint density at radius 1 is 1.05 bits per heavy atom. The lowest BCUT2D eigenvalue weighted by Crippen LogP contribution is -1.96. The molecular weight excluding hydrogens is 281 g/mol. The largest absolute Gasteiger partial charge is 0.487 e. The fourth-order valence-corrected chi connectivity index (χ4v) is 2.01. The molecule has 2 aromatic carbocycles. The Morgan fingerprint density at radius 2 is 1.74 bits per heavy atom. The molecule has 0 N–H and O–H groups in total. The Kier molecular flexibility index (Phi) is 4.68. The van der Waals surface area contributed by atoms with Crippen molar-refractivity contribution in [1.82, 2.24) is 0 Å². The van der Waals surface area contributed by atoms with Gasteiger partial charge in [0, 0.05) is 5.88 Å². The highest BCUT2D eigenvalue weighted by atomic mass is 35.5. The highest BCUT2D eigenvalue weighted by Gasteiger charge is 2.03. The minimum absolute atomic E-state index is 0.408. The summed E-state index contributed by atoms with van der Waals surface area (Å²) in [6, 6.07) is 14.8. The van der Waals surface area contributed by atoms with Crippen LogP contribution in [-0.4, -0.2) is 0 Å². The number of nitrogens with zero attached hydrogens (tertiary/aromatic N) is 1. The van der Waals surface area contributed by atoms with Crippen LogP contribution in [0, 0.1) is 11.3 Å². The minimum Gasteiger partial charge on any atom is -0.487 e. The summed E-state index contributed by atoms with van der Waals surface area (Å²) in [5.41, 5.74) is 2.57. The number of benzene rings is 2. The van der Waals surface area contributed by atoms with Crippen molar-refractivity contribution in [3.8, 4) is 11.8 Å². The van der Waals surface area contributed by atoms with Gasteiger partial charge in [-0.15, -0.1) is 11.6 Å². The van der Waals surface area contributed by atoms with Gasteiger partial charge in [0.05, 0.1) is 16.7 Å². The highest BCUT2D eigenvalue weighted by molar-refractivity contribution is 6.32. The van der Waals surface area contributed by atoms with E-state index < -0.39 is 0 Å². The minimum atomic E-state index is 0.408. The quantitative estimate of drug-likeness (QED) is 0.776. The molecule has 0 bridgehead atoms. The van der Waals surface area contributed by atoms with E-state index in [9.17, 15) is 0 Å². The van der Waals surface area contributed by atoms with E-state index in [4.69, 9.17) is 33.2 Å². The van der Waals surface area contributed by atoms with Crippen molar-refractivity contribution in [2.45, 2.75) is 12.5 Å². The molecule has 0 fully saturated rings. The van der Waals surface area contributed by atoms with Gasteiger partial charge < -0.3 is 4.74 Å². The predicted molar refractivity (Wildman–Crippen MR) is 76.5 cm³/mol. The molecule has 0 aliphatic rings. The maximum Gasteiger partial charge on any atom is 0.138 e. The van der Waals surface area contributed by atoms with Crippen molar-refractivity contribution in [2.24, 2.45) is 0 Å². The Hall–Kier alpha value is -1.69. The van der Waals surface area contributed by atoms with E-state index >= 15 is 0 Å². The lowest BCUT2D eigenvalue weighted by atomic mass is 10.1. The number of ether oxygens (including phenoxy) is 1. The third-order valence-corrected chi connectivity index (χ3v) is 3.23. The van der Waals surface area contributed by atoms with E-state index in [1.807, 2.05) is 24.3 Å². The molecule has 0 aliphatic heterocycles. The van der Waals surface area contributed by atoms with Crippen LogP contribution in [0.25, 0.3) is 0 Å². The second-order valence-electron chi connectivity index (χ2n) is 4.00. The number of nitriles is 1. The molecule has 4 heteroatoms. The van der Waals surface area contributed by atoms with Crippen LogP contribution >= 0.6 is 23.2 Å². The zero-order chi connectivity index (χ0) is 13.7. The Morgan fingerprint density at radius 3 is 2.32 bits per heavy atom. The Labute approximate surface area is 122 Å². The Bertz CT molecular complexity index is 603. The first kappa shape index (κ1) is 13.7. The topological polar surface area (TPSA) is 33.0 Å². The third kappa shape index (κ3) is 3.64. The van der Waals surface area contributed by atoms with E-state index in [0.717, 1.165) is 11.1 Å². The van der Waals surface area contributed by atoms with Crippen molar-refractivity contribution < 1.29 is 4.74 Å². The van der Waals surface area contributed by atoms with Crippen LogP contribution in [0.1, 0.15) is 16.7 Å². The van der Waals surface area contributed by atoms with Crippen molar-refractivity contribution in [2.75, 3.05) is 0 Å². The molecule has 0 aliphatic carbocycles. The molecule has 0 aromatic heterocycles. The van der Waals surface area contributed by atoms with Crippen LogP contribution in [0.4, 0.5) is 0 Å². The lowest BCUT2D eigenvalue weighted by Gasteiger charge is -2.09. The average Bonchev–Trinajstić information content (AvgIpc) is 2.46. The van der Waals surface area contributed by atoms with Gasteiger partial charge in [0.2, 0.25) is 0 Å². The molecule has 2 rings (SSSR count). The molecule has 2 aromatic rings. The van der Waals surface area contributed by atoms with E-state index in [1.54, 1.807) is 18.2 Å². The molecule has 0 unspecified atom stereocenters. The van der Waals surface area contributed by atoms with E-state index in [0.29, 0.717) is 28.8 Å². The summed E-state index contributed by atoms with van der Waals surface area (Å²) >= 11 is 11.8. The summed E-state index contributed by atoms with van der Waals surface area (Å²) in [5.74, 6) is 1.05. The lowest BCUT2D eigenvalue weighted by molar-refractivity contribution is 0.306. The second kappa shape index (κ2) is 6.47. The van der Waals surface area contributed by atoms with Crippen molar-refractivity contribution in [3.05, 3.63) is 64.2 Å². The number of hydrogen-bond donors (Lipinski definition) is 0. The van der Waals surface area contributed by atoms with Crippen molar-refractivity contribution >= 4 is 23.2 Å². The van der Waals surface area contributed by atoms with Crippen molar-refractivity contribution in [1.29, 1.82) is 5.26 Å². The maximum atomic E-state index is 8.71. The fourth-order valence-electron chi connectivity index (χ4n) is 1.58. The number of alkyl halides is 1. The van der Waals surface area contributed by atoms with Crippen LogP contribution in [0.15, 0.2) is 42.5 Å². The third-order valence-electron chi connectivity index (χ3n) is 2.63. The fraction of sp³-hybridized carbons (Fsp3) is 0.133. The van der Waals surface area contributed by atoms with Crippen molar-refractivity contribution in [3.63, 3.8) is 0 Å². The molecule has 0 heterocycles. The van der Waals surface area contributed by atoms with E-state index in [-0.39, 0.29) is 0 Å². The van der Waals surface area contributed by atoms with E-state index in [1.165, 1.54) is 0 Å². The average molecular weight is 292 g/mol. The van der Waals surface area contributed by atoms with Crippen LogP contribution in [-0.2, 0) is 12.5 Å². The van der Waals surface area contributed by atoms with E-state index in [2.05, 4.69) is 6.07 Å². The molecule has 2 nitrogen and oxygen atoms in total.